The van der Waals surface area contributed by atoms with Gasteiger partial charge in [-0.15, -0.1) is 0 Å². The molecule has 124 valence electrons. The quantitative estimate of drug-likeness (QED) is 0.908. The molecule has 0 aliphatic carbocycles. The van der Waals surface area contributed by atoms with E-state index in [0.29, 0.717) is 22.6 Å². The molecule has 0 bridgehead atoms. The third kappa shape index (κ3) is 3.71. The van der Waals surface area contributed by atoms with Crippen LogP contribution in [0.2, 0.25) is 0 Å². The second kappa shape index (κ2) is 6.42. The van der Waals surface area contributed by atoms with Crippen molar-refractivity contribution in [2.75, 3.05) is 12.4 Å². The minimum Gasteiger partial charge on any atom is -0.496 e. The summed E-state index contributed by atoms with van der Waals surface area (Å²) in [5, 5.41) is 16.6. The first kappa shape index (κ1) is 17.0. The number of carbonyl (C=O) groups excluding carboxylic acids is 1. The topological polar surface area (TPSA) is 76.4 Å². The molecule has 0 unspecified atom stereocenters. The van der Waals surface area contributed by atoms with Gasteiger partial charge < -0.3 is 15.2 Å². The molecule has 6 nitrogen and oxygen atoms in total. The molecule has 23 heavy (non-hydrogen) atoms. The average Bonchev–Trinajstić information content (AvgIpc) is 2.89. The molecule has 0 fully saturated rings. The first-order valence-electron chi connectivity index (χ1n) is 7.39. The fourth-order valence-corrected chi connectivity index (χ4v) is 2.39. The van der Waals surface area contributed by atoms with Gasteiger partial charge in [0.1, 0.15) is 5.75 Å². The van der Waals surface area contributed by atoms with Crippen LogP contribution in [0, 0.1) is 0 Å². The molecule has 0 aliphatic rings. The lowest BCUT2D eigenvalue weighted by atomic mass is 9.89. The van der Waals surface area contributed by atoms with E-state index in [2.05, 4.69) is 10.4 Å². The van der Waals surface area contributed by atoms with Gasteiger partial charge in [0.2, 0.25) is 0 Å². The number of rotatable bonds is 4. The van der Waals surface area contributed by atoms with Gasteiger partial charge in [0, 0.05) is 29.9 Å². The van der Waals surface area contributed by atoms with Gasteiger partial charge in [0.05, 0.1) is 25.0 Å². The molecule has 0 spiro atoms. The van der Waals surface area contributed by atoms with E-state index in [0.717, 1.165) is 5.69 Å². The maximum atomic E-state index is 12.6. The van der Waals surface area contributed by atoms with Gasteiger partial charge in [-0.05, 0) is 18.2 Å². The summed E-state index contributed by atoms with van der Waals surface area (Å²) in [7, 11) is 3.33. The zero-order valence-corrected chi connectivity index (χ0v) is 14.2. The number of hydrogen-bond acceptors (Lipinski definition) is 4. The third-order valence-corrected chi connectivity index (χ3v) is 3.49. The van der Waals surface area contributed by atoms with Crippen molar-refractivity contribution in [1.29, 1.82) is 0 Å². The van der Waals surface area contributed by atoms with Gasteiger partial charge in [-0.2, -0.15) is 5.10 Å². The molecule has 2 N–H and O–H groups in total. The summed E-state index contributed by atoms with van der Waals surface area (Å²) in [5.74, 6) is 0.360. The minimum absolute atomic E-state index is 0.160. The molecule has 0 saturated heterocycles. The average molecular weight is 317 g/mol. The van der Waals surface area contributed by atoms with E-state index in [9.17, 15) is 9.90 Å². The van der Waals surface area contributed by atoms with Gasteiger partial charge >= 0.3 is 0 Å². The van der Waals surface area contributed by atoms with Gasteiger partial charge in [0.25, 0.3) is 5.91 Å². The SMILES string of the molecule is COc1ccc(NC(=O)c2cn(C)nc2C(C)(C)C)cc1CO. The summed E-state index contributed by atoms with van der Waals surface area (Å²) < 4.78 is 6.80. The summed E-state index contributed by atoms with van der Waals surface area (Å²) in [4.78, 5) is 12.6. The van der Waals surface area contributed by atoms with E-state index in [4.69, 9.17) is 4.74 Å². The smallest absolute Gasteiger partial charge is 0.259 e. The minimum atomic E-state index is -0.232. The molecule has 1 heterocycles. The van der Waals surface area contributed by atoms with Crippen molar-refractivity contribution in [3.8, 4) is 5.75 Å². The molecule has 2 aromatic rings. The number of nitrogens with zero attached hydrogens (tertiary/aromatic N) is 2. The molecular weight excluding hydrogens is 294 g/mol. The number of methoxy groups -OCH3 is 1. The van der Waals surface area contributed by atoms with E-state index in [1.165, 1.54) is 7.11 Å². The largest absolute Gasteiger partial charge is 0.496 e. The van der Waals surface area contributed by atoms with Crippen LogP contribution in [0.15, 0.2) is 24.4 Å². The van der Waals surface area contributed by atoms with Crippen LogP contribution in [0.25, 0.3) is 0 Å². The molecule has 0 saturated carbocycles. The Labute approximate surface area is 136 Å². The Bertz CT molecular complexity index is 714. The van der Waals surface area contributed by atoms with E-state index in [1.807, 2.05) is 20.8 Å². The Kier molecular flexibility index (Phi) is 4.75. The summed E-state index contributed by atoms with van der Waals surface area (Å²) in [6.45, 7) is 5.89. The van der Waals surface area contributed by atoms with Crippen LogP contribution < -0.4 is 10.1 Å². The Hall–Kier alpha value is -2.34. The molecule has 0 aliphatic heterocycles. The fraction of sp³-hybridized carbons (Fsp3) is 0.412. The summed E-state index contributed by atoms with van der Waals surface area (Å²) in [5.41, 5.74) is 2.27. The van der Waals surface area contributed by atoms with E-state index in [-0.39, 0.29) is 17.9 Å². The predicted octanol–water partition coefficient (Wildman–Crippen LogP) is 2.47. The van der Waals surface area contributed by atoms with Crippen LogP contribution in [0.5, 0.6) is 5.75 Å². The summed E-state index contributed by atoms with van der Waals surface area (Å²) >= 11 is 0. The molecule has 1 amide bonds. The molecule has 0 radical (unpaired) electrons. The number of ether oxygens (including phenoxy) is 1. The number of aromatic nitrogens is 2. The van der Waals surface area contributed by atoms with Crippen molar-refractivity contribution in [1.82, 2.24) is 9.78 Å². The number of aryl methyl sites for hydroxylation is 1. The predicted molar refractivity (Wildman–Crippen MR) is 88.8 cm³/mol. The standard InChI is InChI=1S/C17H23N3O3/c1-17(2,3)15-13(9-20(4)19-15)16(22)18-12-6-7-14(23-5)11(8-12)10-21/h6-9,21H,10H2,1-5H3,(H,18,22). The van der Waals surface area contributed by atoms with E-state index >= 15 is 0 Å². The van der Waals surface area contributed by atoms with Gasteiger partial charge in [-0.25, -0.2) is 0 Å². The number of aliphatic hydroxyl groups excluding tert-OH is 1. The Morgan fingerprint density at radius 2 is 2.09 bits per heavy atom. The first-order valence-corrected chi connectivity index (χ1v) is 7.39. The van der Waals surface area contributed by atoms with Crippen LogP contribution in [-0.4, -0.2) is 27.9 Å². The number of nitrogens with one attached hydrogen (secondary N) is 1. The highest BCUT2D eigenvalue weighted by atomic mass is 16.5. The first-order chi connectivity index (χ1) is 10.8. The number of benzene rings is 1. The molecule has 1 aromatic carbocycles. The fourth-order valence-electron chi connectivity index (χ4n) is 2.39. The summed E-state index contributed by atoms with van der Waals surface area (Å²) in [6, 6.07) is 5.15. The zero-order valence-electron chi connectivity index (χ0n) is 14.2. The number of amides is 1. The summed E-state index contributed by atoms with van der Waals surface area (Å²) in [6.07, 6.45) is 1.71. The molecular formula is C17H23N3O3. The number of aliphatic hydroxyl groups is 1. The van der Waals surface area contributed by atoms with Crippen LogP contribution >= 0.6 is 0 Å². The Balaban J connectivity index is 2.30. The second-order valence-corrected chi connectivity index (χ2v) is 6.45. The second-order valence-electron chi connectivity index (χ2n) is 6.45. The lowest BCUT2D eigenvalue weighted by Crippen LogP contribution is -2.20. The van der Waals surface area contributed by atoms with E-state index < -0.39 is 0 Å². The van der Waals surface area contributed by atoms with Crippen LogP contribution in [-0.2, 0) is 19.1 Å². The maximum Gasteiger partial charge on any atom is 0.259 e. The van der Waals surface area contributed by atoms with Crippen molar-refractivity contribution in [3.05, 3.63) is 41.2 Å². The molecule has 1 aromatic heterocycles. The van der Waals surface area contributed by atoms with Crippen molar-refractivity contribution < 1.29 is 14.6 Å². The Morgan fingerprint density at radius 3 is 2.65 bits per heavy atom. The van der Waals surface area contributed by atoms with Crippen molar-refractivity contribution >= 4 is 11.6 Å². The van der Waals surface area contributed by atoms with Crippen molar-refractivity contribution in [2.45, 2.75) is 32.8 Å². The van der Waals surface area contributed by atoms with Crippen molar-refractivity contribution in [2.24, 2.45) is 7.05 Å². The molecule has 6 heteroatoms. The molecule has 2 rings (SSSR count). The van der Waals surface area contributed by atoms with E-state index in [1.54, 1.807) is 36.1 Å². The van der Waals surface area contributed by atoms with Crippen LogP contribution in [0.3, 0.4) is 0 Å². The third-order valence-electron chi connectivity index (χ3n) is 3.49. The number of hydrogen-bond donors (Lipinski definition) is 2. The van der Waals surface area contributed by atoms with Crippen molar-refractivity contribution in [3.63, 3.8) is 0 Å². The Morgan fingerprint density at radius 1 is 1.39 bits per heavy atom. The van der Waals surface area contributed by atoms with Crippen LogP contribution in [0.1, 0.15) is 42.4 Å². The monoisotopic (exact) mass is 317 g/mol. The normalized spacial score (nSPS) is 11.4. The lowest BCUT2D eigenvalue weighted by molar-refractivity contribution is 0.102. The van der Waals surface area contributed by atoms with Gasteiger partial charge in [0.15, 0.2) is 0 Å². The number of carbonyl (C=O) groups is 1. The van der Waals surface area contributed by atoms with Crippen LogP contribution in [0.4, 0.5) is 5.69 Å². The number of anilines is 1. The highest BCUT2D eigenvalue weighted by molar-refractivity contribution is 6.05. The van der Waals surface area contributed by atoms with Gasteiger partial charge in [-0.3, -0.25) is 9.48 Å². The zero-order chi connectivity index (χ0) is 17.2. The highest BCUT2D eigenvalue weighted by Crippen LogP contribution is 2.26. The lowest BCUT2D eigenvalue weighted by Gasteiger charge is -2.17. The van der Waals surface area contributed by atoms with Gasteiger partial charge in [-0.1, -0.05) is 20.8 Å². The maximum absolute atomic E-state index is 12.6. The highest BCUT2D eigenvalue weighted by Gasteiger charge is 2.25. The molecule has 0 atom stereocenters.